The highest BCUT2D eigenvalue weighted by atomic mass is 19.1. The minimum atomic E-state index is -0.487. The molecule has 0 spiro atoms. The lowest BCUT2D eigenvalue weighted by atomic mass is 10.1. The zero-order valence-corrected chi connectivity index (χ0v) is 22.0. The molecule has 0 bridgehead atoms. The lowest BCUT2D eigenvalue weighted by Gasteiger charge is -2.19. The van der Waals surface area contributed by atoms with Gasteiger partial charge < -0.3 is 21.1 Å². The molecule has 3 rings (SSSR count). The van der Waals surface area contributed by atoms with Gasteiger partial charge in [0.2, 0.25) is 0 Å². The van der Waals surface area contributed by atoms with E-state index in [1.165, 1.54) is 10.9 Å². The van der Waals surface area contributed by atoms with Crippen molar-refractivity contribution in [2.24, 2.45) is 0 Å². The van der Waals surface area contributed by atoms with Crippen molar-refractivity contribution in [2.45, 2.75) is 66.5 Å². The molecule has 0 fully saturated rings. The van der Waals surface area contributed by atoms with Crippen LogP contribution in [0.2, 0.25) is 0 Å². The maximum absolute atomic E-state index is 14.1. The molecule has 3 aromatic heterocycles. The van der Waals surface area contributed by atoms with E-state index in [-0.39, 0.29) is 18.3 Å². The number of hydrogen-bond acceptors (Lipinski definition) is 7. The molecule has 35 heavy (non-hydrogen) atoms. The van der Waals surface area contributed by atoms with Gasteiger partial charge in [-0.05, 0) is 37.6 Å². The Morgan fingerprint density at radius 1 is 1.14 bits per heavy atom. The predicted molar refractivity (Wildman–Crippen MR) is 145 cm³/mol. The van der Waals surface area contributed by atoms with Gasteiger partial charge in [0.25, 0.3) is 0 Å². The second-order valence-corrected chi connectivity index (χ2v) is 7.17. The number of aromatic nitrogens is 4. The number of aliphatic hydroxyl groups excluding tert-OH is 1. The number of hydrogen-bond donors (Lipinski definition) is 4. The molecule has 0 aliphatic heterocycles. The lowest BCUT2D eigenvalue weighted by Crippen LogP contribution is -2.27. The Kier molecular flexibility index (Phi) is 18.6. The number of nitrogens with zero attached hydrogens (tertiary/aromatic N) is 4. The molecule has 4 N–H and O–H groups in total. The summed E-state index contributed by atoms with van der Waals surface area (Å²) in [5, 5.41) is 23.3. The van der Waals surface area contributed by atoms with Gasteiger partial charge in [0.05, 0.1) is 6.20 Å². The van der Waals surface area contributed by atoms with Crippen LogP contribution in [0.5, 0.6) is 0 Å². The third-order valence-electron chi connectivity index (χ3n) is 4.37. The number of rotatable bonds is 11. The van der Waals surface area contributed by atoms with Crippen molar-refractivity contribution >= 4 is 17.3 Å². The highest BCUT2D eigenvalue weighted by Gasteiger charge is 2.14. The number of fused-ring (bicyclic) bond motifs is 1. The highest BCUT2D eigenvalue weighted by molar-refractivity contribution is 5.57. The molecule has 0 amide bonds. The zero-order valence-electron chi connectivity index (χ0n) is 22.0. The summed E-state index contributed by atoms with van der Waals surface area (Å²) in [5.74, 6) is 0.671. The molecule has 0 aliphatic rings. The van der Waals surface area contributed by atoms with E-state index in [0.717, 1.165) is 31.3 Å². The first kappa shape index (κ1) is 32.0. The standard InChI is InChI=1S/C19H26FN7O.C3H8.C2H6.C2H4/c1-2-21-8-5-15(6-9-28)25-17-10-18(23-12-14-4-3-7-22-11-14)27-19(26-17)16(20)13-24-27;1-3-2;2*1-2/h3-4,7,10-11,13,15,21,23,28H,2,5-6,8-9,12H2,1H3,(H,25,26);3H2,1-2H3;1-2H3;1-2H2. The van der Waals surface area contributed by atoms with Gasteiger partial charge in [0.1, 0.15) is 11.6 Å². The second-order valence-electron chi connectivity index (χ2n) is 7.17. The lowest BCUT2D eigenvalue weighted by molar-refractivity contribution is 0.276. The SMILES string of the molecule is C=C.CC.CCC.CCNCCC(CCO)Nc1cc(NCc2cccnc2)n2ncc(F)c2n1. The van der Waals surface area contributed by atoms with Crippen LogP contribution in [0.25, 0.3) is 5.65 Å². The van der Waals surface area contributed by atoms with Crippen molar-refractivity contribution in [3.63, 3.8) is 0 Å². The van der Waals surface area contributed by atoms with Crippen LogP contribution in [0.4, 0.5) is 16.0 Å². The Morgan fingerprint density at radius 3 is 2.46 bits per heavy atom. The number of pyridine rings is 1. The number of nitrogens with one attached hydrogen (secondary N) is 3. The van der Waals surface area contributed by atoms with Crippen LogP contribution in [0.1, 0.15) is 59.4 Å². The van der Waals surface area contributed by atoms with Gasteiger partial charge in [-0.2, -0.15) is 9.61 Å². The smallest absolute Gasteiger partial charge is 0.195 e. The average molecular weight is 490 g/mol. The van der Waals surface area contributed by atoms with E-state index in [1.54, 1.807) is 18.5 Å². The van der Waals surface area contributed by atoms with E-state index < -0.39 is 5.82 Å². The molecule has 3 aromatic rings. The zero-order chi connectivity index (χ0) is 26.5. The molecule has 196 valence electrons. The van der Waals surface area contributed by atoms with Crippen molar-refractivity contribution in [3.8, 4) is 0 Å². The molecule has 9 heteroatoms. The van der Waals surface area contributed by atoms with Gasteiger partial charge in [-0.3, -0.25) is 4.98 Å². The van der Waals surface area contributed by atoms with Gasteiger partial charge in [-0.25, -0.2) is 9.37 Å². The van der Waals surface area contributed by atoms with Gasteiger partial charge >= 0.3 is 0 Å². The van der Waals surface area contributed by atoms with E-state index in [4.69, 9.17) is 0 Å². The van der Waals surface area contributed by atoms with E-state index in [9.17, 15) is 9.50 Å². The average Bonchev–Trinajstić information content (AvgIpc) is 3.27. The van der Waals surface area contributed by atoms with E-state index >= 15 is 0 Å². The summed E-state index contributed by atoms with van der Waals surface area (Å²) in [6, 6.07) is 5.65. The number of halogens is 1. The highest BCUT2D eigenvalue weighted by Crippen LogP contribution is 2.20. The Hall–Kier alpha value is -3.04. The van der Waals surface area contributed by atoms with Gasteiger partial charge in [-0.15, -0.1) is 13.2 Å². The molecular formula is C26H44FN7O. The van der Waals surface area contributed by atoms with Crippen molar-refractivity contribution in [3.05, 3.63) is 61.3 Å². The third kappa shape index (κ3) is 11.8. The van der Waals surface area contributed by atoms with Crippen LogP contribution >= 0.6 is 0 Å². The number of anilines is 2. The Labute approximate surface area is 210 Å². The summed E-state index contributed by atoms with van der Waals surface area (Å²) in [6.07, 6.45) is 7.29. The summed E-state index contributed by atoms with van der Waals surface area (Å²) in [6.45, 7) is 18.6. The summed E-state index contributed by atoms with van der Waals surface area (Å²) < 4.78 is 15.6. The van der Waals surface area contributed by atoms with Crippen LogP contribution in [0.3, 0.4) is 0 Å². The van der Waals surface area contributed by atoms with Crippen molar-refractivity contribution < 1.29 is 9.50 Å². The molecular weight excluding hydrogens is 445 g/mol. The maximum Gasteiger partial charge on any atom is 0.195 e. The van der Waals surface area contributed by atoms with Crippen LogP contribution in [0, 0.1) is 5.82 Å². The fourth-order valence-corrected chi connectivity index (χ4v) is 2.94. The van der Waals surface area contributed by atoms with Gasteiger partial charge in [-0.1, -0.05) is 47.1 Å². The van der Waals surface area contributed by atoms with Crippen LogP contribution in [-0.2, 0) is 6.54 Å². The van der Waals surface area contributed by atoms with Crippen LogP contribution in [-0.4, -0.2) is 50.4 Å². The first-order valence-corrected chi connectivity index (χ1v) is 12.4. The van der Waals surface area contributed by atoms with Crippen LogP contribution in [0.15, 0.2) is 49.9 Å². The van der Waals surface area contributed by atoms with E-state index in [0.29, 0.717) is 24.6 Å². The fourth-order valence-electron chi connectivity index (χ4n) is 2.94. The van der Waals surface area contributed by atoms with Crippen LogP contribution < -0.4 is 16.0 Å². The predicted octanol–water partition coefficient (Wildman–Crippen LogP) is 5.28. The summed E-state index contributed by atoms with van der Waals surface area (Å²) in [5.41, 5.74) is 1.14. The quantitative estimate of drug-likeness (QED) is 0.215. The third-order valence-corrected chi connectivity index (χ3v) is 4.37. The van der Waals surface area contributed by atoms with Gasteiger partial charge in [0, 0.05) is 37.7 Å². The summed E-state index contributed by atoms with van der Waals surface area (Å²) in [7, 11) is 0. The van der Waals surface area contributed by atoms with E-state index in [2.05, 4.69) is 58.0 Å². The van der Waals surface area contributed by atoms with Gasteiger partial charge in [0.15, 0.2) is 11.5 Å². The summed E-state index contributed by atoms with van der Waals surface area (Å²) in [4.78, 5) is 8.46. The molecule has 0 saturated carbocycles. The van der Waals surface area contributed by atoms with Crippen molar-refractivity contribution in [1.29, 1.82) is 0 Å². The topological polar surface area (TPSA) is 99.4 Å². The Balaban J connectivity index is 0.00000150. The van der Waals surface area contributed by atoms with Crippen molar-refractivity contribution in [2.75, 3.05) is 30.3 Å². The molecule has 1 atom stereocenters. The largest absolute Gasteiger partial charge is 0.396 e. The molecule has 0 aliphatic carbocycles. The minimum absolute atomic E-state index is 0.0242. The first-order valence-electron chi connectivity index (χ1n) is 12.4. The number of aliphatic hydroxyl groups is 1. The molecule has 0 aromatic carbocycles. The summed E-state index contributed by atoms with van der Waals surface area (Å²) >= 11 is 0. The fraction of sp³-hybridized carbons (Fsp3) is 0.500. The Bertz CT molecular complexity index is 905. The Morgan fingerprint density at radius 2 is 1.86 bits per heavy atom. The molecule has 0 saturated heterocycles. The molecule has 1 unspecified atom stereocenters. The maximum atomic E-state index is 14.1. The minimum Gasteiger partial charge on any atom is -0.396 e. The normalized spacial score (nSPS) is 10.6. The molecule has 0 radical (unpaired) electrons. The second kappa shape index (κ2) is 20.3. The first-order chi connectivity index (χ1) is 17.1. The van der Waals surface area contributed by atoms with E-state index in [1.807, 2.05) is 32.9 Å². The molecule has 8 nitrogen and oxygen atoms in total. The van der Waals surface area contributed by atoms with Crippen molar-refractivity contribution in [1.82, 2.24) is 24.9 Å². The molecule has 3 heterocycles. The monoisotopic (exact) mass is 489 g/mol.